The van der Waals surface area contributed by atoms with E-state index in [9.17, 15) is 23.1 Å². The first-order valence-corrected chi connectivity index (χ1v) is 12.7. The molecule has 1 N–H and O–H groups in total. The fourth-order valence-corrected chi connectivity index (χ4v) is 6.15. The minimum Gasteiger partial charge on any atom is -0.478 e. The number of alkyl halides is 3. The second-order valence-corrected chi connectivity index (χ2v) is 10.0. The lowest BCUT2D eigenvalue weighted by atomic mass is 9.66. The molecule has 2 saturated carbocycles. The second-order valence-electron chi connectivity index (χ2n) is 10.0. The van der Waals surface area contributed by atoms with Crippen LogP contribution >= 0.6 is 0 Å². The van der Waals surface area contributed by atoms with Crippen LogP contribution in [0.1, 0.15) is 85.7 Å². The van der Waals surface area contributed by atoms with Crippen molar-refractivity contribution >= 4 is 5.97 Å². The van der Waals surface area contributed by atoms with E-state index in [1.54, 1.807) is 24.3 Å². The molecule has 4 nitrogen and oxygen atoms in total. The molecule has 0 aromatic heterocycles. The van der Waals surface area contributed by atoms with Crippen LogP contribution in [-0.4, -0.2) is 27.9 Å². The quantitative estimate of drug-likeness (QED) is 0.415. The van der Waals surface area contributed by atoms with Gasteiger partial charge >= 0.3 is 12.3 Å². The molecule has 0 aliphatic heterocycles. The first-order chi connectivity index (χ1) is 16.7. The maximum absolute atomic E-state index is 12.6. The SMILES string of the molecule is O=C(O)c1ccc(CN(Cc2ccc(OC(F)(F)F)cc2)C2(C3CCCCC3)CCCCC2)cc1. The van der Waals surface area contributed by atoms with Crippen LogP contribution in [0.15, 0.2) is 48.5 Å². The molecule has 0 radical (unpaired) electrons. The van der Waals surface area contributed by atoms with Gasteiger partial charge in [0.15, 0.2) is 0 Å². The summed E-state index contributed by atoms with van der Waals surface area (Å²) in [4.78, 5) is 13.8. The lowest BCUT2D eigenvalue weighted by molar-refractivity contribution is -0.274. The van der Waals surface area contributed by atoms with Crippen LogP contribution in [0.25, 0.3) is 0 Å². The van der Waals surface area contributed by atoms with E-state index in [1.807, 2.05) is 12.1 Å². The van der Waals surface area contributed by atoms with E-state index in [4.69, 9.17) is 0 Å². The van der Waals surface area contributed by atoms with Crippen LogP contribution < -0.4 is 4.74 Å². The highest BCUT2D eigenvalue weighted by atomic mass is 19.4. The number of halogens is 3. The minimum absolute atomic E-state index is 0.0469. The first-order valence-electron chi connectivity index (χ1n) is 12.7. The number of nitrogens with zero attached hydrogens (tertiary/aromatic N) is 1. The molecule has 0 bridgehead atoms. The summed E-state index contributed by atoms with van der Waals surface area (Å²) in [6.45, 7) is 1.31. The number of carbonyl (C=O) groups is 1. The van der Waals surface area contributed by atoms with Crippen LogP contribution in [0.5, 0.6) is 5.75 Å². The molecule has 2 fully saturated rings. The number of hydrogen-bond acceptors (Lipinski definition) is 3. The molecule has 0 heterocycles. The highest BCUT2D eigenvalue weighted by molar-refractivity contribution is 5.87. The van der Waals surface area contributed by atoms with Crippen LogP contribution in [0.3, 0.4) is 0 Å². The summed E-state index contributed by atoms with van der Waals surface area (Å²) in [5.74, 6) is -0.556. The average molecular weight is 490 g/mol. The van der Waals surface area contributed by atoms with Crippen molar-refractivity contribution in [2.75, 3.05) is 0 Å². The van der Waals surface area contributed by atoms with Gasteiger partial charge in [-0.1, -0.05) is 62.8 Å². The van der Waals surface area contributed by atoms with Gasteiger partial charge in [0, 0.05) is 18.6 Å². The van der Waals surface area contributed by atoms with Crippen molar-refractivity contribution < 1.29 is 27.8 Å². The molecule has 0 unspecified atom stereocenters. The summed E-state index contributed by atoms with van der Waals surface area (Å²) >= 11 is 0. The predicted molar refractivity (Wildman–Crippen MR) is 128 cm³/mol. The lowest BCUT2D eigenvalue weighted by Crippen LogP contribution is -2.54. The Balaban J connectivity index is 1.63. The summed E-state index contributed by atoms with van der Waals surface area (Å²) in [6, 6.07) is 13.3. The number of rotatable bonds is 8. The van der Waals surface area contributed by atoms with Crippen LogP contribution in [0, 0.1) is 5.92 Å². The third kappa shape index (κ3) is 6.57. The Kier molecular flexibility index (Phi) is 8.05. The smallest absolute Gasteiger partial charge is 0.478 e. The van der Waals surface area contributed by atoms with Crippen LogP contribution in [-0.2, 0) is 13.1 Å². The minimum atomic E-state index is -4.71. The Labute approximate surface area is 205 Å². The maximum atomic E-state index is 12.6. The van der Waals surface area contributed by atoms with Crippen molar-refractivity contribution in [3.63, 3.8) is 0 Å². The highest BCUT2D eigenvalue weighted by Crippen LogP contribution is 2.46. The molecule has 4 rings (SSSR count). The van der Waals surface area contributed by atoms with Crippen molar-refractivity contribution in [3.8, 4) is 5.75 Å². The van der Waals surface area contributed by atoms with Gasteiger partial charge in [-0.3, -0.25) is 4.90 Å². The molecule has 0 spiro atoms. The topological polar surface area (TPSA) is 49.8 Å². The molecule has 0 saturated heterocycles. The predicted octanol–water partition coefficient (Wildman–Crippen LogP) is 7.57. The zero-order valence-electron chi connectivity index (χ0n) is 20.0. The van der Waals surface area contributed by atoms with Gasteiger partial charge in [-0.2, -0.15) is 0 Å². The van der Waals surface area contributed by atoms with Gasteiger partial charge in [0.2, 0.25) is 0 Å². The number of hydrogen-bond donors (Lipinski definition) is 1. The van der Waals surface area contributed by atoms with E-state index in [-0.39, 0.29) is 16.9 Å². The number of carboxylic acid groups (broad SMARTS) is 1. The van der Waals surface area contributed by atoms with E-state index >= 15 is 0 Å². The molecule has 2 aliphatic rings. The zero-order valence-corrected chi connectivity index (χ0v) is 20.0. The second kappa shape index (κ2) is 11.0. The van der Waals surface area contributed by atoms with E-state index in [0.717, 1.165) is 24.0 Å². The third-order valence-corrected chi connectivity index (χ3v) is 7.82. The van der Waals surface area contributed by atoms with Gasteiger partial charge in [-0.25, -0.2) is 4.79 Å². The van der Waals surface area contributed by atoms with E-state index in [0.29, 0.717) is 19.0 Å². The van der Waals surface area contributed by atoms with Crippen molar-refractivity contribution in [2.24, 2.45) is 5.92 Å². The number of benzene rings is 2. The summed E-state index contributed by atoms with van der Waals surface area (Å²) in [5.41, 5.74) is 2.31. The average Bonchev–Trinajstić information content (AvgIpc) is 2.85. The third-order valence-electron chi connectivity index (χ3n) is 7.82. The fourth-order valence-electron chi connectivity index (χ4n) is 6.15. The Bertz CT molecular complexity index is 960. The molecule has 0 atom stereocenters. The van der Waals surface area contributed by atoms with Gasteiger partial charge < -0.3 is 9.84 Å². The molecule has 2 aromatic carbocycles. The molecule has 190 valence electrons. The normalized spacial score (nSPS) is 19.0. The highest BCUT2D eigenvalue weighted by Gasteiger charge is 2.44. The maximum Gasteiger partial charge on any atom is 0.573 e. The zero-order chi connectivity index (χ0) is 24.9. The largest absolute Gasteiger partial charge is 0.573 e. The van der Waals surface area contributed by atoms with Crippen LogP contribution in [0.4, 0.5) is 13.2 Å². The van der Waals surface area contributed by atoms with Crippen molar-refractivity contribution in [2.45, 2.75) is 89.2 Å². The van der Waals surface area contributed by atoms with Gasteiger partial charge in [0.1, 0.15) is 5.75 Å². The molecule has 35 heavy (non-hydrogen) atoms. The summed E-state index contributed by atoms with van der Waals surface area (Å²) in [7, 11) is 0. The summed E-state index contributed by atoms with van der Waals surface area (Å²) in [6.07, 6.45) is 7.35. The molecular weight excluding hydrogens is 455 g/mol. The molecular formula is C28H34F3NO3. The molecule has 0 amide bonds. The van der Waals surface area contributed by atoms with Gasteiger partial charge in [0.25, 0.3) is 0 Å². The molecule has 7 heteroatoms. The number of carboxylic acids is 1. The fraction of sp³-hybridized carbons (Fsp3) is 0.536. The lowest BCUT2D eigenvalue weighted by Gasteiger charge is -2.53. The van der Waals surface area contributed by atoms with Gasteiger partial charge in [-0.05, 0) is 67.0 Å². The van der Waals surface area contributed by atoms with Gasteiger partial charge in [-0.15, -0.1) is 13.2 Å². The van der Waals surface area contributed by atoms with Crippen molar-refractivity contribution in [1.82, 2.24) is 4.90 Å². The van der Waals surface area contributed by atoms with E-state index in [2.05, 4.69) is 9.64 Å². The van der Waals surface area contributed by atoms with E-state index in [1.165, 1.54) is 63.5 Å². The van der Waals surface area contributed by atoms with E-state index < -0.39 is 12.3 Å². The van der Waals surface area contributed by atoms with Crippen molar-refractivity contribution in [1.29, 1.82) is 0 Å². The standard InChI is InChI=1S/C28H34F3NO3/c29-28(30,31)35-25-15-11-22(12-16-25)20-32(19-21-9-13-23(14-10-21)26(33)34)27(17-5-2-6-18-27)24-7-3-1-4-8-24/h9-16,24H,1-8,17-20H2,(H,33,34). The summed E-state index contributed by atoms with van der Waals surface area (Å²) < 4.78 is 41.9. The number of aromatic carboxylic acids is 1. The van der Waals surface area contributed by atoms with Gasteiger partial charge in [0.05, 0.1) is 5.56 Å². The molecule has 2 aromatic rings. The summed E-state index contributed by atoms with van der Waals surface area (Å²) in [5, 5.41) is 9.27. The number of ether oxygens (including phenoxy) is 1. The Morgan fingerprint density at radius 2 is 1.37 bits per heavy atom. The monoisotopic (exact) mass is 489 g/mol. The Morgan fingerprint density at radius 1 is 0.857 bits per heavy atom. The first kappa shape index (κ1) is 25.5. The Morgan fingerprint density at radius 3 is 1.89 bits per heavy atom. The van der Waals surface area contributed by atoms with Crippen molar-refractivity contribution in [3.05, 3.63) is 65.2 Å². The van der Waals surface area contributed by atoms with Crippen LogP contribution in [0.2, 0.25) is 0 Å². The molecule has 2 aliphatic carbocycles. The Hall–Kier alpha value is -2.54.